The summed E-state index contributed by atoms with van der Waals surface area (Å²) in [5.74, 6) is 2.26. The second kappa shape index (κ2) is 7.05. The van der Waals surface area contributed by atoms with Crippen LogP contribution in [0.3, 0.4) is 0 Å². The van der Waals surface area contributed by atoms with E-state index in [1.165, 1.54) is 6.07 Å². The number of benzene rings is 1. The quantitative estimate of drug-likeness (QED) is 0.534. The highest BCUT2D eigenvalue weighted by Crippen LogP contribution is 2.24. The van der Waals surface area contributed by atoms with Crippen LogP contribution in [0.2, 0.25) is 0 Å². The van der Waals surface area contributed by atoms with Gasteiger partial charge in [0.05, 0.1) is 0 Å². The third-order valence-corrected chi connectivity index (χ3v) is 3.96. The predicted molar refractivity (Wildman–Crippen MR) is 93.1 cm³/mol. The Morgan fingerprint density at radius 1 is 1.33 bits per heavy atom. The molecule has 0 aliphatic rings. The molecule has 0 fully saturated rings. The highest BCUT2D eigenvalue weighted by molar-refractivity contribution is 6.07. The average molecular weight is 324 g/mol. The van der Waals surface area contributed by atoms with Gasteiger partial charge in [0.25, 0.3) is 5.91 Å². The third-order valence-electron chi connectivity index (χ3n) is 3.96. The second-order valence-corrected chi connectivity index (χ2v) is 5.60. The van der Waals surface area contributed by atoms with Crippen LogP contribution in [0.5, 0.6) is 5.75 Å². The summed E-state index contributed by atoms with van der Waals surface area (Å²) >= 11 is 0. The monoisotopic (exact) mass is 324 g/mol. The molecule has 2 aromatic rings. The number of carbonyl (C=O) groups is 1. The maximum Gasteiger partial charge on any atom is 0.265 e. The first kappa shape index (κ1) is 17.4. The number of carbonyl (C=O) groups excluding carboxylic acids is 1. The van der Waals surface area contributed by atoms with Gasteiger partial charge in [0, 0.05) is 25.6 Å². The highest BCUT2D eigenvalue weighted by atomic mass is 16.5. The SMILES string of the molecule is C#CCOc1cc(C)[n+]([O-])c(C)c1C(=O)Nc1cccc(C)c1C. The van der Waals surface area contributed by atoms with Gasteiger partial charge < -0.3 is 15.3 Å². The van der Waals surface area contributed by atoms with Gasteiger partial charge in [0.1, 0.15) is 17.9 Å². The fourth-order valence-electron chi connectivity index (χ4n) is 2.45. The van der Waals surface area contributed by atoms with E-state index in [1.807, 2.05) is 32.0 Å². The van der Waals surface area contributed by atoms with E-state index < -0.39 is 5.91 Å². The van der Waals surface area contributed by atoms with E-state index in [1.54, 1.807) is 13.8 Å². The number of nitrogens with one attached hydrogen (secondary N) is 1. The summed E-state index contributed by atoms with van der Waals surface area (Å²) in [4.78, 5) is 12.8. The molecular formula is C19H20N2O3. The number of aromatic nitrogens is 1. The number of amides is 1. The summed E-state index contributed by atoms with van der Waals surface area (Å²) in [6.07, 6.45) is 5.23. The van der Waals surface area contributed by atoms with Crippen LogP contribution in [0.25, 0.3) is 0 Å². The van der Waals surface area contributed by atoms with E-state index in [9.17, 15) is 10.0 Å². The lowest BCUT2D eigenvalue weighted by Crippen LogP contribution is -2.37. The molecule has 2 rings (SSSR count). The van der Waals surface area contributed by atoms with Crippen LogP contribution in [0.1, 0.15) is 32.9 Å². The largest absolute Gasteiger partial charge is 0.618 e. The van der Waals surface area contributed by atoms with E-state index in [-0.39, 0.29) is 17.9 Å². The summed E-state index contributed by atoms with van der Waals surface area (Å²) in [5.41, 5.74) is 3.62. The number of nitrogens with zero attached hydrogens (tertiary/aromatic N) is 1. The lowest BCUT2D eigenvalue weighted by atomic mass is 10.1. The Kier molecular flexibility index (Phi) is 5.10. The number of aryl methyl sites for hydroxylation is 2. The van der Waals surface area contributed by atoms with Gasteiger partial charge in [-0.25, -0.2) is 0 Å². The predicted octanol–water partition coefficient (Wildman–Crippen LogP) is 2.82. The zero-order valence-corrected chi connectivity index (χ0v) is 14.3. The molecular weight excluding hydrogens is 304 g/mol. The number of pyridine rings is 1. The van der Waals surface area contributed by atoms with E-state index in [4.69, 9.17) is 11.2 Å². The van der Waals surface area contributed by atoms with Crippen molar-refractivity contribution < 1.29 is 14.3 Å². The van der Waals surface area contributed by atoms with E-state index >= 15 is 0 Å². The van der Waals surface area contributed by atoms with Crippen molar-refractivity contribution in [3.8, 4) is 18.1 Å². The standard InChI is InChI=1S/C19H20N2O3/c1-6-10-24-17-11-13(3)21(23)15(5)18(17)19(22)20-16-9-7-8-12(2)14(16)4/h1,7-9,11H,10H2,2-5H3,(H,20,22). The second-order valence-electron chi connectivity index (χ2n) is 5.60. The van der Waals surface area contributed by atoms with Crippen molar-refractivity contribution in [3.05, 3.63) is 57.6 Å². The lowest BCUT2D eigenvalue weighted by Gasteiger charge is -2.15. The molecule has 0 bridgehead atoms. The van der Waals surface area contributed by atoms with Gasteiger partial charge in [-0.3, -0.25) is 4.79 Å². The molecule has 0 aliphatic heterocycles. The minimum absolute atomic E-state index is 0.0193. The van der Waals surface area contributed by atoms with Crippen molar-refractivity contribution in [2.45, 2.75) is 27.7 Å². The van der Waals surface area contributed by atoms with Crippen molar-refractivity contribution in [2.75, 3.05) is 11.9 Å². The number of rotatable bonds is 4. The average Bonchev–Trinajstić information content (AvgIpc) is 2.54. The first-order chi connectivity index (χ1) is 11.4. The molecule has 1 heterocycles. The Labute approximate surface area is 141 Å². The molecule has 0 saturated heterocycles. The summed E-state index contributed by atoms with van der Waals surface area (Å²) in [7, 11) is 0. The van der Waals surface area contributed by atoms with Crippen molar-refractivity contribution in [2.24, 2.45) is 0 Å². The Hall–Kier alpha value is -3.00. The summed E-state index contributed by atoms with van der Waals surface area (Å²) in [6, 6.07) is 7.17. The van der Waals surface area contributed by atoms with Crippen LogP contribution in [0, 0.1) is 45.2 Å². The van der Waals surface area contributed by atoms with Crippen molar-refractivity contribution >= 4 is 11.6 Å². The summed E-state index contributed by atoms with van der Waals surface area (Å²) < 4.78 is 6.18. The molecule has 5 heteroatoms. The van der Waals surface area contributed by atoms with Crippen LogP contribution in [0.4, 0.5) is 5.69 Å². The van der Waals surface area contributed by atoms with Gasteiger partial charge in [-0.2, -0.15) is 4.73 Å². The normalized spacial score (nSPS) is 10.1. The molecule has 0 radical (unpaired) electrons. The number of anilines is 1. The molecule has 24 heavy (non-hydrogen) atoms. The summed E-state index contributed by atoms with van der Waals surface area (Å²) in [6.45, 7) is 7.15. The Morgan fingerprint density at radius 2 is 2.04 bits per heavy atom. The zero-order valence-electron chi connectivity index (χ0n) is 14.3. The minimum atomic E-state index is -0.405. The molecule has 0 saturated carbocycles. The van der Waals surface area contributed by atoms with Gasteiger partial charge in [0.2, 0.25) is 5.69 Å². The van der Waals surface area contributed by atoms with Gasteiger partial charge >= 0.3 is 0 Å². The maximum atomic E-state index is 12.8. The molecule has 5 nitrogen and oxygen atoms in total. The van der Waals surface area contributed by atoms with Crippen molar-refractivity contribution in [1.82, 2.24) is 0 Å². The van der Waals surface area contributed by atoms with Crippen molar-refractivity contribution in [3.63, 3.8) is 0 Å². The van der Waals surface area contributed by atoms with Crippen LogP contribution in [-0.2, 0) is 0 Å². The van der Waals surface area contributed by atoms with Crippen LogP contribution in [0.15, 0.2) is 24.3 Å². The van der Waals surface area contributed by atoms with E-state index in [2.05, 4.69) is 11.2 Å². The number of hydrogen-bond acceptors (Lipinski definition) is 3. The smallest absolute Gasteiger partial charge is 0.265 e. The molecule has 0 atom stereocenters. The summed E-state index contributed by atoms with van der Waals surface area (Å²) in [5, 5.41) is 15.0. The van der Waals surface area contributed by atoms with Gasteiger partial charge in [-0.15, -0.1) is 6.42 Å². The van der Waals surface area contributed by atoms with Crippen LogP contribution >= 0.6 is 0 Å². The Bertz CT molecular complexity index is 835. The molecule has 124 valence electrons. The minimum Gasteiger partial charge on any atom is -0.618 e. The van der Waals surface area contributed by atoms with E-state index in [0.717, 1.165) is 11.1 Å². The maximum absolute atomic E-state index is 12.8. The van der Waals surface area contributed by atoms with Gasteiger partial charge in [-0.05, 0) is 31.0 Å². The molecule has 1 N–H and O–H groups in total. The lowest BCUT2D eigenvalue weighted by molar-refractivity contribution is -0.619. The molecule has 1 amide bonds. The molecule has 0 unspecified atom stereocenters. The first-order valence-electron chi connectivity index (χ1n) is 7.54. The van der Waals surface area contributed by atoms with E-state index in [0.29, 0.717) is 21.9 Å². The third kappa shape index (κ3) is 3.33. The van der Waals surface area contributed by atoms with Crippen LogP contribution in [-0.4, -0.2) is 12.5 Å². The fraction of sp³-hybridized carbons (Fsp3) is 0.263. The van der Waals surface area contributed by atoms with Crippen molar-refractivity contribution in [1.29, 1.82) is 0 Å². The van der Waals surface area contributed by atoms with Crippen LogP contribution < -0.4 is 14.8 Å². The molecule has 1 aromatic heterocycles. The number of ether oxygens (including phenoxy) is 1. The Balaban J connectivity index is 2.46. The number of hydrogen-bond donors (Lipinski definition) is 1. The van der Waals surface area contributed by atoms with Gasteiger partial charge in [0.15, 0.2) is 5.69 Å². The Morgan fingerprint density at radius 3 is 2.71 bits per heavy atom. The first-order valence-corrected chi connectivity index (χ1v) is 7.54. The number of terminal acetylenes is 1. The topological polar surface area (TPSA) is 65.3 Å². The fourth-order valence-corrected chi connectivity index (χ4v) is 2.45. The molecule has 0 aliphatic carbocycles. The highest BCUT2D eigenvalue weighted by Gasteiger charge is 2.24. The molecule has 0 spiro atoms. The molecule has 1 aromatic carbocycles. The zero-order chi connectivity index (χ0) is 17.9. The van der Waals surface area contributed by atoms with Gasteiger partial charge in [-0.1, -0.05) is 18.1 Å².